The number of rotatable bonds is 5. The van der Waals surface area contributed by atoms with Gasteiger partial charge in [-0.1, -0.05) is 19.1 Å². The van der Waals surface area contributed by atoms with Crippen molar-refractivity contribution in [2.45, 2.75) is 18.2 Å². The zero-order valence-electron chi connectivity index (χ0n) is 10.1. The molecule has 0 aliphatic heterocycles. The van der Waals surface area contributed by atoms with Crippen molar-refractivity contribution in [3.05, 3.63) is 42.2 Å². The number of hydrogen-bond acceptors (Lipinski definition) is 5. The Labute approximate surface area is 106 Å². The summed E-state index contributed by atoms with van der Waals surface area (Å²) in [5.74, 6) is -0.688. The third kappa shape index (κ3) is 3.89. The summed E-state index contributed by atoms with van der Waals surface area (Å²) < 4.78 is 32.2. The summed E-state index contributed by atoms with van der Waals surface area (Å²) in [5.41, 5.74) is 1.03. The quantitative estimate of drug-likeness (QED) is 0.352. The Morgan fingerprint density at radius 2 is 1.89 bits per heavy atom. The molecule has 0 radical (unpaired) electrons. The molecule has 18 heavy (non-hydrogen) atoms. The maximum atomic E-state index is 11.7. The molecule has 0 heterocycles. The minimum Gasteiger partial charge on any atom is -0.466 e. The number of ether oxygens (including phenoxy) is 1. The highest BCUT2D eigenvalue weighted by molar-refractivity contribution is 7.86. The number of benzene rings is 1. The van der Waals surface area contributed by atoms with Gasteiger partial charge in [0, 0.05) is 0 Å². The highest BCUT2D eigenvalue weighted by atomic mass is 32.2. The molecule has 0 bridgehead atoms. The first kappa shape index (κ1) is 14.2. The first-order valence-corrected chi connectivity index (χ1v) is 6.67. The largest absolute Gasteiger partial charge is 0.466 e. The van der Waals surface area contributed by atoms with Crippen LogP contribution in [0.1, 0.15) is 12.5 Å². The van der Waals surface area contributed by atoms with Crippen molar-refractivity contribution in [3.63, 3.8) is 0 Å². The monoisotopic (exact) mass is 270 g/mol. The van der Waals surface area contributed by atoms with Crippen LogP contribution in [0.15, 0.2) is 41.5 Å². The van der Waals surface area contributed by atoms with Crippen molar-refractivity contribution in [1.82, 2.24) is 0 Å². The Morgan fingerprint density at radius 1 is 1.28 bits per heavy atom. The number of methoxy groups -OCH3 is 1. The van der Waals surface area contributed by atoms with Gasteiger partial charge in [-0.2, -0.15) is 8.42 Å². The Hall–Kier alpha value is -1.82. The highest BCUT2D eigenvalue weighted by Crippen LogP contribution is 2.14. The van der Waals surface area contributed by atoms with Gasteiger partial charge in [-0.25, -0.2) is 4.79 Å². The molecule has 0 unspecified atom stereocenters. The smallest absolute Gasteiger partial charge is 0.338 e. The topological polar surface area (TPSA) is 69.7 Å². The molecule has 1 aromatic rings. The Balaban J connectivity index is 2.79. The second-order valence-corrected chi connectivity index (χ2v) is 4.95. The molecule has 6 heteroatoms. The third-order valence-electron chi connectivity index (χ3n) is 2.21. The van der Waals surface area contributed by atoms with Gasteiger partial charge in [-0.3, -0.25) is 0 Å². The first-order valence-electron chi connectivity index (χ1n) is 5.26. The van der Waals surface area contributed by atoms with Gasteiger partial charge < -0.3 is 8.92 Å². The van der Waals surface area contributed by atoms with E-state index in [2.05, 4.69) is 8.92 Å². The van der Waals surface area contributed by atoms with Crippen molar-refractivity contribution < 1.29 is 22.1 Å². The van der Waals surface area contributed by atoms with E-state index in [4.69, 9.17) is 0 Å². The molecule has 0 aromatic heterocycles. The van der Waals surface area contributed by atoms with E-state index < -0.39 is 16.1 Å². The molecule has 1 rings (SSSR count). The number of hydrogen-bond donors (Lipinski definition) is 0. The van der Waals surface area contributed by atoms with Gasteiger partial charge in [-0.15, -0.1) is 0 Å². The van der Waals surface area contributed by atoms with E-state index in [9.17, 15) is 13.2 Å². The second kappa shape index (κ2) is 6.20. The van der Waals surface area contributed by atoms with Crippen LogP contribution in [0.2, 0.25) is 0 Å². The van der Waals surface area contributed by atoms with Gasteiger partial charge in [0.05, 0.1) is 13.2 Å². The highest BCUT2D eigenvalue weighted by Gasteiger charge is 2.13. The van der Waals surface area contributed by atoms with E-state index in [0.29, 0.717) is 0 Å². The number of carbonyl (C=O) groups excluding carboxylic acids is 1. The van der Waals surface area contributed by atoms with Crippen LogP contribution in [0.25, 0.3) is 0 Å². The third-order valence-corrected chi connectivity index (χ3v) is 3.42. The Morgan fingerprint density at radius 3 is 2.39 bits per heavy atom. The van der Waals surface area contributed by atoms with Crippen LogP contribution in [0.3, 0.4) is 0 Å². The normalized spacial score (nSPS) is 11.4. The van der Waals surface area contributed by atoms with E-state index in [-0.39, 0.29) is 4.90 Å². The van der Waals surface area contributed by atoms with Crippen LogP contribution in [-0.4, -0.2) is 21.5 Å². The maximum Gasteiger partial charge on any atom is 0.338 e. The van der Waals surface area contributed by atoms with Crippen LogP contribution in [0.5, 0.6) is 0 Å². The van der Waals surface area contributed by atoms with E-state index in [0.717, 1.165) is 24.3 Å². The summed E-state index contributed by atoms with van der Waals surface area (Å²) in [6, 6.07) is 6.33. The standard InChI is InChI=1S/C12H14O5S/c1-3-10-4-6-11(7-5-10)18(14,15)17-9-8-12(13)16-2/h4-9H,3H2,1-2H3/b9-8-. The molecule has 98 valence electrons. The van der Waals surface area contributed by atoms with Crippen molar-refractivity contribution in [2.75, 3.05) is 7.11 Å². The lowest BCUT2D eigenvalue weighted by Gasteiger charge is -2.03. The predicted octanol–water partition coefficient (Wildman–Crippen LogP) is 1.64. The molecule has 5 nitrogen and oxygen atoms in total. The number of esters is 1. The predicted molar refractivity (Wildman–Crippen MR) is 65.2 cm³/mol. The van der Waals surface area contributed by atoms with Crippen LogP contribution in [0, 0.1) is 0 Å². The van der Waals surface area contributed by atoms with E-state index >= 15 is 0 Å². The van der Waals surface area contributed by atoms with E-state index in [1.54, 1.807) is 12.1 Å². The summed E-state index contributed by atoms with van der Waals surface area (Å²) in [6.45, 7) is 1.97. The first-order chi connectivity index (χ1) is 8.49. The Kier molecular flexibility index (Phi) is 4.91. The molecule has 0 fully saturated rings. The Bertz CT molecular complexity index is 528. The van der Waals surface area contributed by atoms with Crippen molar-refractivity contribution in [2.24, 2.45) is 0 Å². The molecule has 0 saturated carbocycles. The molecule has 1 aromatic carbocycles. The lowest BCUT2D eigenvalue weighted by molar-refractivity contribution is -0.134. The van der Waals surface area contributed by atoms with Gasteiger partial charge in [0.1, 0.15) is 11.2 Å². The number of aryl methyl sites for hydroxylation is 1. The van der Waals surface area contributed by atoms with Gasteiger partial charge in [0.25, 0.3) is 0 Å². The molecule has 0 spiro atoms. The molecule has 0 N–H and O–H groups in total. The van der Waals surface area contributed by atoms with Crippen LogP contribution in [0.4, 0.5) is 0 Å². The fourth-order valence-electron chi connectivity index (χ4n) is 1.17. The summed E-state index contributed by atoms with van der Waals surface area (Å²) in [7, 11) is -2.70. The SMILES string of the molecule is CCc1ccc(S(=O)(=O)O/C=C\C(=O)OC)cc1. The zero-order chi connectivity index (χ0) is 13.6. The van der Waals surface area contributed by atoms with Gasteiger partial charge in [-0.05, 0) is 24.1 Å². The summed E-state index contributed by atoms with van der Waals surface area (Å²) in [6.07, 6.45) is 2.50. The van der Waals surface area contributed by atoms with Crippen LogP contribution < -0.4 is 0 Å². The number of carbonyl (C=O) groups is 1. The fraction of sp³-hybridized carbons (Fsp3) is 0.250. The van der Waals surface area contributed by atoms with Crippen molar-refractivity contribution in [3.8, 4) is 0 Å². The minimum atomic E-state index is -3.88. The molecule has 0 atom stereocenters. The van der Waals surface area contributed by atoms with Crippen LogP contribution in [-0.2, 0) is 30.3 Å². The van der Waals surface area contributed by atoms with E-state index in [1.807, 2.05) is 6.92 Å². The van der Waals surface area contributed by atoms with Gasteiger partial charge >= 0.3 is 16.1 Å². The van der Waals surface area contributed by atoms with Crippen molar-refractivity contribution >= 4 is 16.1 Å². The van der Waals surface area contributed by atoms with Crippen molar-refractivity contribution in [1.29, 1.82) is 0 Å². The second-order valence-electron chi connectivity index (χ2n) is 3.37. The van der Waals surface area contributed by atoms with Crippen LogP contribution >= 0.6 is 0 Å². The molecule has 0 aliphatic carbocycles. The minimum absolute atomic E-state index is 0.0363. The molecular weight excluding hydrogens is 256 g/mol. The lowest BCUT2D eigenvalue weighted by atomic mass is 10.2. The molecular formula is C12H14O5S. The summed E-state index contributed by atoms with van der Waals surface area (Å²) in [5, 5.41) is 0. The average molecular weight is 270 g/mol. The zero-order valence-corrected chi connectivity index (χ0v) is 10.9. The van der Waals surface area contributed by atoms with Gasteiger partial charge in [0.2, 0.25) is 0 Å². The lowest BCUT2D eigenvalue weighted by Crippen LogP contribution is -2.03. The fourth-order valence-corrected chi connectivity index (χ4v) is 1.95. The summed E-state index contributed by atoms with van der Waals surface area (Å²) >= 11 is 0. The molecule has 0 aliphatic rings. The van der Waals surface area contributed by atoms with E-state index in [1.165, 1.54) is 19.2 Å². The average Bonchev–Trinajstić information content (AvgIpc) is 2.38. The molecule has 0 saturated heterocycles. The van der Waals surface area contributed by atoms with Gasteiger partial charge in [0.15, 0.2) is 0 Å². The molecule has 0 amide bonds. The summed E-state index contributed by atoms with van der Waals surface area (Å²) in [4.78, 5) is 10.8. The maximum absolute atomic E-state index is 11.7.